The van der Waals surface area contributed by atoms with Gasteiger partial charge in [0, 0.05) is 18.4 Å². The van der Waals surface area contributed by atoms with Crippen LogP contribution < -0.4 is 10.6 Å². The Kier molecular flexibility index (Phi) is 5.68. The molecule has 0 bridgehead atoms. The predicted molar refractivity (Wildman–Crippen MR) is 93.2 cm³/mol. The third-order valence-electron chi connectivity index (χ3n) is 3.59. The molecule has 5 heteroatoms. The van der Waals surface area contributed by atoms with E-state index in [4.69, 9.17) is 0 Å². The highest BCUT2D eigenvalue weighted by molar-refractivity contribution is 5.92. The van der Waals surface area contributed by atoms with E-state index in [1.165, 1.54) is 5.56 Å². The van der Waals surface area contributed by atoms with Crippen LogP contribution in [0.25, 0.3) is 0 Å². The summed E-state index contributed by atoms with van der Waals surface area (Å²) in [5, 5.41) is 6.09. The molecule has 0 spiro atoms. The molecule has 0 aliphatic rings. The van der Waals surface area contributed by atoms with Gasteiger partial charge in [0.2, 0.25) is 5.95 Å². The number of para-hydroxylation sites is 1. The number of benzene rings is 1. The third-order valence-corrected chi connectivity index (χ3v) is 3.59. The van der Waals surface area contributed by atoms with Crippen LogP contribution in [0, 0.1) is 6.92 Å². The molecule has 0 atom stereocenters. The Morgan fingerprint density at radius 2 is 2.04 bits per heavy atom. The smallest absolute Gasteiger partial charge is 0.270 e. The number of aryl methyl sites for hydroxylation is 1. The number of nitrogens with zero attached hydrogens (tertiary/aromatic N) is 2. The molecule has 2 rings (SSSR count). The van der Waals surface area contributed by atoms with Gasteiger partial charge < -0.3 is 10.6 Å². The molecule has 0 aliphatic heterocycles. The second kappa shape index (κ2) is 7.72. The molecule has 0 unspecified atom stereocenters. The van der Waals surface area contributed by atoms with Crippen LogP contribution >= 0.6 is 0 Å². The second-order valence-corrected chi connectivity index (χ2v) is 5.84. The highest BCUT2D eigenvalue weighted by atomic mass is 16.1. The lowest BCUT2D eigenvalue weighted by Gasteiger charge is -2.16. The molecular formula is C18H24N4O. The van der Waals surface area contributed by atoms with Crippen LogP contribution in [0.1, 0.15) is 54.7 Å². The Balaban J connectivity index is 2.26. The van der Waals surface area contributed by atoms with Gasteiger partial charge in [0.25, 0.3) is 5.91 Å². The van der Waals surface area contributed by atoms with E-state index in [2.05, 4.69) is 40.5 Å². The number of amides is 1. The first-order chi connectivity index (χ1) is 11.0. The van der Waals surface area contributed by atoms with Crippen molar-refractivity contribution in [3.63, 3.8) is 0 Å². The third kappa shape index (κ3) is 4.28. The van der Waals surface area contributed by atoms with Crippen molar-refractivity contribution in [2.45, 2.75) is 40.0 Å². The van der Waals surface area contributed by atoms with E-state index >= 15 is 0 Å². The fraction of sp³-hybridized carbons (Fsp3) is 0.389. The molecule has 0 saturated heterocycles. The first-order valence-electron chi connectivity index (χ1n) is 8.00. The number of nitrogens with one attached hydrogen (secondary N) is 2. The summed E-state index contributed by atoms with van der Waals surface area (Å²) < 4.78 is 0. The van der Waals surface area contributed by atoms with Gasteiger partial charge in [0.15, 0.2) is 0 Å². The molecule has 23 heavy (non-hydrogen) atoms. The van der Waals surface area contributed by atoms with Crippen molar-refractivity contribution in [3.8, 4) is 0 Å². The minimum absolute atomic E-state index is 0.175. The first-order valence-corrected chi connectivity index (χ1v) is 8.00. The average molecular weight is 312 g/mol. The van der Waals surface area contributed by atoms with Gasteiger partial charge in [-0.2, -0.15) is 0 Å². The SMILES string of the molecule is CCCNC(=O)c1ccnc(Nc2c(C)cccc2C(C)C)n1. The summed E-state index contributed by atoms with van der Waals surface area (Å²) in [5.74, 6) is 0.643. The Labute approximate surface area is 137 Å². The highest BCUT2D eigenvalue weighted by Gasteiger charge is 2.12. The number of hydrogen-bond donors (Lipinski definition) is 2. The van der Waals surface area contributed by atoms with Gasteiger partial charge in [-0.1, -0.05) is 39.0 Å². The topological polar surface area (TPSA) is 66.9 Å². The maximum Gasteiger partial charge on any atom is 0.270 e. The van der Waals surface area contributed by atoms with Crippen LogP contribution in [-0.2, 0) is 0 Å². The molecule has 1 heterocycles. The van der Waals surface area contributed by atoms with Gasteiger partial charge in [-0.3, -0.25) is 4.79 Å². The summed E-state index contributed by atoms with van der Waals surface area (Å²) in [4.78, 5) is 20.6. The Bertz CT molecular complexity index is 682. The van der Waals surface area contributed by atoms with E-state index in [1.54, 1.807) is 12.3 Å². The minimum Gasteiger partial charge on any atom is -0.351 e. The summed E-state index contributed by atoms with van der Waals surface area (Å²) in [6.07, 6.45) is 2.49. The largest absolute Gasteiger partial charge is 0.351 e. The van der Waals surface area contributed by atoms with Crippen LogP contribution in [0.2, 0.25) is 0 Å². The molecule has 1 aromatic carbocycles. The second-order valence-electron chi connectivity index (χ2n) is 5.84. The summed E-state index contributed by atoms with van der Waals surface area (Å²) in [6, 6.07) is 7.81. The van der Waals surface area contributed by atoms with E-state index in [0.29, 0.717) is 24.1 Å². The lowest BCUT2D eigenvalue weighted by molar-refractivity contribution is 0.0948. The maximum atomic E-state index is 12.0. The Morgan fingerprint density at radius 3 is 2.74 bits per heavy atom. The molecule has 5 nitrogen and oxygen atoms in total. The molecule has 2 aromatic rings. The number of aromatic nitrogens is 2. The lowest BCUT2D eigenvalue weighted by Crippen LogP contribution is -2.25. The predicted octanol–water partition coefficient (Wildman–Crippen LogP) is 3.79. The van der Waals surface area contributed by atoms with Crippen molar-refractivity contribution in [2.75, 3.05) is 11.9 Å². The van der Waals surface area contributed by atoms with Crippen molar-refractivity contribution in [1.82, 2.24) is 15.3 Å². The molecule has 122 valence electrons. The summed E-state index contributed by atoms with van der Waals surface area (Å²) in [6.45, 7) is 9.00. The van der Waals surface area contributed by atoms with Crippen LogP contribution in [0.4, 0.5) is 11.6 Å². The summed E-state index contributed by atoms with van der Waals surface area (Å²) in [7, 11) is 0. The molecule has 0 aliphatic carbocycles. The van der Waals surface area contributed by atoms with Crippen LogP contribution in [0.3, 0.4) is 0 Å². The minimum atomic E-state index is -0.175. The standard InChI is InChI=1S/C18H24N4O/c1-5-10-19-17(23)15-9-11-20-18(21-15)22-16-13(4)7-6-8-14(16)12(2)3/h6-9,11-12H,5,10H2,1-4H3,(H,19,23)(H,20,21,22). The van der Waals surface area contributed by atoms with Crippen LogP contribution in [-0.4, -0.2) is 22.4 Å². The first kappa shape index (κ1) is 16.9. The number of carbonyl (C=O) groups excluding carboxylic acids is 1. The molecule has 2 N–H and O–H groups in total. The zero-order valence-corrected chi connectivity index (χ0v) is 14.2. The van der Waals surface area contributed by atoms with Gasteiger partial charge in [-0.25, -0.2) is 9.97 Å². The van der Waals surface area contributed by atoms with Gasteiger partial charge in [0.05, 0.1) is 0 Å². The van der Waals surface area contributed by atoms with E-state index in [9.17, 15) is 4.79 Å². The molecular weight excluding hydrogens is 288 g/mol. The lowest BCUT2D eigenvalue weighted by atomic mass is 9.98. The summed E-state index contributed by atoms with van der Waals surface area (Å²) >= 11 is 0. The molecule has 1 aromatic heterocycles. The van der Waals surface area contributed by atoms with E-state index in [0.717, 1.165) is 17.7 Å². The number of rotatable bonds is 6. The van der Waals surface area contributed by atoms with Gasteiger partial charge in [0.1, 0.15) is 5.69 Å². The van der Waals surface area contributed by atoms with Crippen LogP contribution in [0.5, 0.6) is 0 Å². The highest BCUT2D eigenvalue weighted by Crippen LogP contribution is 2.29. The van der Waals surface area contributed by atoms with Crippen molar-refractivity contribution < 1.29 is 4.79 Å². The summed E-state index contributed by atoms with van der Waals surface area (Å²) in [5.41, 5.74) is 3.71. The van der Waals surface area contributed by atoms with E-state index in [-0.39, 0.29) is 5.91 Å². The van der Waals surface area contributed by atoms with Crippen LogP contribution in [0.15, 0.2) is 30.5 Å². The van der Waals surface area contributed by atoms with E-state index in [1.807, 2.05) is 26.0 Å². The monoisotopic (exact) mass is 312 g/mol. The zero-order valence-electron chi connectivity index (χ0n) is 14.2. The van der Waals surface area contributed by atoms with Crippen molar-refractivity contribution in [2.24, 2.45) is 0 Å². The normalized spacial score (nSPS) is 10.7. The van der Waals surface area contributed by atoms with Gasteiger partial charge >= 0.3 is 0 Å². The maximum absolute atomic E-state index is 12.0. The molecule has 0 saturated carbocycles. The fourth-order valence-corrected chi connectivity index (χ4v) is 2.33. The average Bonchev–Trinajstić information content (AvgIpc) is 2.54. The zero-order chi connectivity index (χ0) is 16.8. The number of carbonyl (C=O) groups is 1. The van der Waals surface area contributed by atoms with Gasteiger partial charge in [-0.15, -0.1) is 0 Å². The van der Waals surface area contributed by atoms with E-state index < -0.39 is 0 Å². The number of anilines is 2. The Hall–Kier alpha value is -2.43. The fourth-order valence-electron chi connectivity index (χ4n) is 2.33. The van der Waals surface area contributed by atoms with Crippen molar-refractivity contribution in [3.05, 3.63) is 47.3 Å². The Morgan fingerprint density at radius 1 is 1.26 bits per heavy atom. The van der Waals surface area contributed by atoms with Crippen molar-refractivity contribution in [1.29, 1.82) is 0 Å². The molecule has 1 amide bonds. The number of hydrogen-bond acceptors (Lipinski definition) is 4. The van der Waals surface area contributed by atoms with Crippen molar-refractivity contribution >= 4 is 17.5 Å². The quantitative estimate of drug-likeness (QED) is 0.851. The molecule has 0 radical (unpaired) electrons. The van der Waals surface area contributed by atoms with Gasteiger partial charge in [-0.05, 0) is 36.5 Å². The molecule has 0 fully saturated rings.